The molecular weight excluding hydrogens is 448 g/mol. The Balaban J connectivity index is 1.17. The van der Waals surface area contributed by atoms with Gasteiger partial charge in [-0.05, 0) is 47.0 Å². The highest BCUT2D eigenvalue weighted by Gasteiger charge is 2.30. The summed E-state index contributed by atoms with van der Waals surface area (Å²) >= 11 is 0. The van der Waals surface area contributed by atoms with Crippen molar-refractivity contribution in [1.29, 1.82) is 0 Å². The minimum Gasteiger partial charge on any atom is -0.340 e. The molecule has 1 saturated heterocycles. The van der Waals surface area contributed by atoms with Crippen LogP contribution in [0.5, 0.6) is 0 Å². The van der Waals surface area contributed by atoms with Gasteiger partial charge in [-0.15, -0.1) is 0 Å². The third kappa shape index (κ3) is 4.60. The molecule has 3 aromatic carbocycles. The highest BCUT2D eigenvalue weighted by Crippen LogP contribution is 2.23. The molecule has 0 atom stereocenters. The second-order valence-electron chi connectivity index (χ2n) is 8.42. The highest BCUT2D eigenvalue weighted by molar-refractivity contribution is 7.89. The van der Waals surface area contributed by atoms with Crippen LogP contribution in [0.3, 0.4) is 0 Å². The molecule has 0 N–H and O–H groups in total. The number of fused-ring (bicyclic) bond motifs is 1. The fourth-order valence-corrected chi connectivity index (χ4v) is 5.73. The summed E-state index contributed by atoms with van der Waals surface area (Å²) in [6, 6.07) is 22.7. The number of piperazine rings is 1. The number of carbonyl (C=O) groups is 1. The SMILES string of the molecule is O=C(CCc1cnn(-c2ccccc2)c1)N1CCN(S(=O)(=O)c2ccc3ccccc3c2)CC1. The van der Waals surface area contributed by atoms with Crippen LogP contribution >= 0.6 is 0 Å². The first-order chi connectivity index (χ1) is 16.5. The van der Waals surface area contributed by atoms with Gasteiger partial charge in [0, 0.05) is 38.8 Å². The summed E-state index contributed by atoms with van der Waals surface area (Å²) in [5.41, 5.74) is 1.97. The van der Waals surface area contributed by atoms with E-state index in [-0.39, 0.29) is 5.91 Å². The van der Waals surface area contributed by atoms with Crippen molar-refractivity contribution in [1.82, 2.24) is 19.0 Å². The molecule has 0 bridgehead atoms. The fraction of sp³-hybridized carbons (Fsp3) is 0.231. The Hall–Kier alpha value is -3.49. The van der Waals surface area contributed by atoms with Gasteiger partial charge in [-0.3, -0.25) is 4.79 Å². The maximum absolute atomic E-state index is 13.2. The van der Waals surface area contributed by atoms with E-state index in [4.69, 9.17) is 0 Å². The number of nitrogens with zero attached hydrogens (tertiary/aromatic N) is 4. The molecule has 2 heterocycles. The standard InChI is InChI=1S/C26H26N4O3S/c31-26(13-10-21-19-27-30(20-21)24-8-2-1-3-9-24)28-14-16-29(17-15-28)34(32,33)25-12-11-22-6-4-5-7-23(22)18-25/h1-9,11-12,18-20H,10,13-17H2. The van der Waals surface area contributed by atoms with E-state index in [1.807, 2.05) is 66.9 Å². The highest BCUT2D eigenvalue weighted by atomic mass is 32.2. The van der Waals surface area contributed by atoms with E-state index in [9.17, 15) is 13.2 Å². The monoisotopic (exact) mass is 474 g/mol. The zero-order chi connectivity index (χ0) is 23.5. The van der Waals surface area contributed by atoms with Gasteiger partial charge in [-0.25, -0.2) is 13.1 Å². The first-order valence-corrected chi connectivity index (χ1v) is 12.8. The molecule has 0 radical (unpaired) electrons. The second kappa shape index (κ2) is 9.40. The van der Waals surface area contributed by atoms with Crippen molar-refractivity contribution in [2.45, 2.75) is 17.7 Å². The molecule has 1 fully saturated rings. The summed E-state index contributed by atoms with van der Waals surface area (Å²) in [6.07, 6.45) is 4.70. The lowest BCUT2D eigenvalue weighted by atomic mass is 10.1. The molecule has 1 aliphatic heterocycles. The molecule has 1 aliphatic rings. The zero-order valence-electron chi connectivity index (χ0n) is 18.7. The lowest BCUT2D eigenvalue weighted by Crippen LogP contribution is -2.50. The molecule has 1 aromatic heterocycles. The normalized spacial score (nSPS) is 15.0. The van der Waals surface area contributed by atoms with Gasteiger partial charge in [-0.1, -0.05) is 48.5 Å². The lowest BCUT2D eigenvalue weighted by molar-refractivity contribution is -0.132. The molecule has 174 valence electrons. The van der Waals surface area contributed by atoms with Crippen molar-refractivity contribution in [2.75, 3.05) is 26.2 Å². The molecule has 5 rings (SSSR count). The van der Waals surface area contributed by atoms with Crippen LogP contribution in [0.1, 0.15) is 12.0 Å². The molecule has 0 aliphatic carbocycles. The van der Waals surface area contributed by atoms with Gasteiger partial charge >= 0.3 is 0 Å². The van der Waals surface area contributed by atoms with E-state index in [1.54, 1.807) is 27.9 Å². The Morgan fingerprint density at radius 1 is 0.853 bits per heavy atom. The molecule has 0 saturated carbocycles. The van der Waals surface area contributed by atoms with Crippen molar-refractivity contribution >= 4 is 26.7 Å². The second-order valence-corrected chi connectivity index (χ2v) is 10.4. The van der Waals surface area contributed by atoms with Crippen molar-refractivity contribution in [2.24, 2.45) is 0 Å². The third-order valence-electron chi connectivity index (χ3n) is 6.23. The number of sulfonamides is 1. The lowest BCUT2D eigenvalue weighted by Gasteiger charge is -2.34. The quantitative estimate of drug-likeness (QED) is 0.429. The number of rotatable bonds is 6. The number of aryl methyl sites for hydroxylation is 1. The summed E-state index contributed by atoms with van der Waals surface area (Å²) in [5, 5.41) is 6.28. The zero-order valence-corrected chi connectivity index (χ0v) is 19.6. The summed E-state index contributed by atoms with van der Waals surface area (Å²) < 4.78 is 29.6. The van der Waals surface area contributed by atoms with Crippen LogP contribution in [-0.4, -0.2) is 59.5 Å². The maximum atomic E-state index is 13.2. The summed E-state index contributed by atoms with van der Waals surface area (Å²) in [7, 11) is -3.60. The van der Waals surface area contributed by atoms with Crippen LogP contribution in [0.15, 0.2) is 90.1 Å². The Kier molecular flexibility index (Phi) is 6.17. The molecule has 1 amide bonds. The Labute approximate surface area is 199 Å². The number of para-hydroxylation sites is 1. The first kappa shape index (κ1) is 22.3. The van der Waals surface area contributed by atoms with E-state index in [2.05, 4.69) is 5.10 Å². The van der Waals surface area contributed by atoms with Gasteiger partial charge in [0.2, 0.25) is 15.9 Å². The van der Waals surface area contributed by atoms with Crippen molar-refractivity contribution in [3.63, 3.8) is 0 Å². The van der Waals surface area contributed by atoms with E-state index in [0.29, 0.717) is 43.9 Å². The Bertz CT molecular complexity index is 1410. The topological polar surface area (TPSA) is 75.5 Å². The van der Waals surface area contributed by atoms with Crippen LogP contribution < -0.4 is 0 Å². The van der Waals surface area contributed by atoms with E-state index >= 15 is 0 Å². The van der Waals surface area contributed by atoms with E-state index < -0.39 is 10.0 Å². The van der Waals surface area contributed by atoms with E-state index in [1.165, 1.54) is 4.31 Å². The first-order valence-electron chi connectivity index (χ1n) is 11.4. The fourth-order valence-electron chi connectivity index (χ4n) is 4.28. The van der Waals surface area contributed by atoms with Gasteiger partial charge < -0.3 is 4.90 Å². The summed E-state index contributed by atoms with van der Waals surface area (Å²) in [4.78, 5) is 14.8. The molecular formula is C26H26N4O3S. The smallest absolute Gasteiger partial charge is 0.243 e. The van der Waals surface area contributed by atoms with Gasteiger partial charge in [0.1, 0.15) is 0 Å². The third-order valence-corrected chi connectivity index (χ3v) is 8.13. The van der Waals surface area contributed by atoms with Crippen molar-refractivity contribution in [3.8, 4) is 5.69 Å². The Morgan fingerprint density at radius 3 is 2.32 bits per heavy atom. The number of carbonyl (C=O) groups excluding carboxylic acids is 1. The summed E-state index contributed by atoms with van der Waals surface area (Å²) in [6.45, 7) is 1.39. The molecule has 0 spiro atoms. The van der Waals surface area contributed by atoms with Crippen molar-refractivity contribution in [3.05, 3.63) is 90.8 Å². The van der Waals surface area contributed by atoms with E-state index in [0.717, 1.165) is 22.0 Å². The largest absolute Gasteiger partial charge is 0.340 e. The average molecular weight is 475 g/mol. The Morgan fingerprint density at radius 2 is 1.56 bits per heavy atom. The van der Waals surface area contributed by atoms with Crippen LogP contribution in [0, 0.1) is 0 Å². The molecule has 0 unspecified atom stereocenters. The minimum absolute atomic E-state index is 0.0372. The van der Waals surface area contributed by atoms with Crippen LogP contribution in [0.4, 0.5) is 0 Å². The van der Waals surface area contributed by atoms with Gasteiger partial charge in [0.05, 0.1) is 16.8 Å². The number of hydrogen-bond donors (Lipinski definition) is 0. The predicted octanol–water partition coefficient (Wildman–Crippen LogP) is 3.49. The molecule has 34 heavy (non-hydrogen) atoms. The minimum atomic E-state index is -3.60. The number of benzene rings is 3. The summed E-state index contributed by atoms with van der Waals surface area (Å²) in [5.74, 6) is 0.0372. The molecule has 7 nitrogen and oxygen atoms in total. The molecule has 4 aromatic rings. The molecule has 8 heteroatoms. The predicted molar refractivity (Wildman–Crippen MR) is 131 cm³/mol. The van der Waals surface area contributed by atoms with Gasteiger partial charge in [0.25, 0.3) is 0 Å². The number of aromatic nitrogens is 2. The number of amides is 1. The van der Waals surface area contributed by atoms with Crippen LogP contribution in [0.2, 0.25) is 0 Å². The maximum Gasteiger partial charge on any atom is 0.243 e. The van der Waals surface area contributed by atoms with Crippen LogP contribution in [0.25, 0.3) is 16.5 Å². The average Bonchev–Trinajstić information content (AvgIpc) is 3.37. The van der Waals surface area contributed by atoms with Gasteiger partial charge in [0.15, 0.2) is 0 Å². The van der Waals surface area contributed by atoms with Gasteiger partial charge in [-0.2, -0.15) is 9.40 Å². The van der Waals surface area contributed by atoms with Crippen molar-refractivity contribution < 1.29 is 13.2 Å². The van der Waals surface area contributed by atoms with Crippen LogP contribution in [-0.2, 0) is 21.2 Å². The number of hydrogen-bond acceptors (Lipinski definition) is 4.